The highest BCUT2D eigenvalue weighted by Crippen LogP contribution is 2.29. The third-order valence-electron chi connectivity index (χ3n) is 7.29. The lowest BCUT2D eigenvalue weighted by Crippen LogP contribution is -2.43. The molecule has 1 aliphatic rings. The number of aryl methyl sites for hydroxylation is 1. The van der Waals surface area contributed by atoms with Gasteiger partial charge in [-0.15, -0.1) is 0 Å². The van der Waals surface area contributed by atoms with Crippen LogP contribution in [-0.2, 0) is 6.54 Å². The number of nitrogen functional groups attached to an aromatic ring is 1. The molecule has 3 aromatic rings. The summed E-state index contributed by atoms with van der Waals surface area (Å²) in [5.41, 5.74) is 7.40. The Labute approximate surface area is 238 Å². The van der Waals surface area contributed by atoms with Gasteiger partial charge < -0.3 is 30.6 Å². The predicted octanol–water partition coefficient (Wildman–Crippen LogP) is 3.88. The van der Waals surface area contributed by atoms with E-state index in [1.54, 1.807) is 33.3 Å². The number of anilines is 1. The van der Waals surface area contributed by atoms with E-state index in [0.717, 1.165) is 49.3 Å². The molecule has 0 spiro atoms. The highest BCUT2D eigenvalue weighted by Gasteiger charge is 2.27. The van der Waals surface area contributed by atoms with E-state index in [-0.39, 0.29) is 17.4 Å². The highest BCUT2D eigenvalue weighted by atomic mass is 35.5. The van der Waals surface area contributed by atoms with Crippen molar-refractivity contribution in [2.75, 3.05) is 33.6 Å². The minimum absolute atomic E-state index is 0.0812. The quantitative estimate of drug-likeness (QED) is 0.335. The number of carbonyl (C=O) groups is 1. The number of nitrogens with one attached hydrogen (secondary N) is 2. The molecule has 4 rings (SSSR count). The number of aromatic nitrogens is 2. The standard InChI is InChI=1S/C29H36ClN5O5/c1-17-10-22(39-3)12-23(30)26(17)35-16-33-27(31)25(29(35)37)28(36)34-20-7-5-6-18(11-20)14-32-15-19-8-9-21(38-2)13-24(19)40-4/h8-10,12-13,16,18,20,32H,5-7,11,14-15,31H2,1-4H3,(H,34,36)/t18-,20+/m0/s1. The number of amides is 1. The van der Waals surface area contributed by atoms with Gasteiger partial charge in [0, 0.05) is 30.3 Å². The van der Waals surface area contributed by atoms with Gasteiger partial charge in [-0.1, -0.05) is 24.1 Å². The average molecular weight is 570 g/mol. The van der Waals surface area contributed by atoms with Gasteiger partial charge >= 0.3 is 0 Å². The Balaban J connectivity index is 1.42. The molecule has 1 aliphatic carbocycles. The SMILES string of the molecule is COc1cc(C)c(-n2cnc(N)c(C(=O)N[C@@H]3CCC[C@H](CNCc4ccc(OC)cc4OC)C3)c2=O)c(Cl)c1. The number of methoxy groups -OCH3 is 3. The smallest absolute Gasteiger partial charge is 0.273 e. The van der Waals surface area contributed by atoms with E-state index in [0.29, 0.717) is 34.5 Å². The van der Waals surface area contributed by atoms with Crippen molar-refractivity contribution in [2.24, 2.45) is 5.92 Å². The Hall–Kier alpha value is -3.76. The van der Waals surface area contributed by atoms with Crippen molar-refractivity contribution >= 4 is 23.3 Å². The van der Waals surface area contributed by atoms with E-state index in [9.17, 15) is 9.59 Å². The molecular weight excluding hydrogens is 534 g/mol. The fraction of sp³-hybridized carbons (Fsp3) is 0.414. The molecule has 1 aromatic heterocycles. The molecule has 2 atom stereocenters. The molecule has 1 heterocycles. The maximum atomic E-state index is 13.4. The van der Waals surface area contributed by atoms with E-state index < -0.39 is 11.5 Å². The fourth-order valence-corrected chi connectivity index (χ4v) is 5.59. The number of benzene rings is 2. The number of carbonyl (C=O) groups excluding carboxylic acids is 1. The second-order valence-electron chi connectivity index (χ2n) is 9.97. The molecule has 0 radical (unpaired) electrons. The molecular formula is C29H36ClN5O5. The van der Waals surface area contributed by atoms with Crippen LogP contribution in [0.5, 0.6) is 17.2 Å². The Morgan fingerprint density at radius 1 is 1.12 bits per heavy atom. The summed E-state index contributed by atoms with van der Waals surface area (Å²) in [6.45, 7) is 3.24. The number of nitrogens with zero attached hydrogens (tertiary/aromatic N) is 2. The Morgan fingerprint density at radius 3 is 2.60 bits per heavy atom. The molecule has 1 saturated carbocycles. The molecule has 11 heteroatoms. The van der Waals surface area contributed by atoms with Gasteiger partial charge in [0.05, 0.1) is 32.0 Å². The van der Waals surface area contributed by atoms with Crippen LogP contribution in [-0.4, -0.2) is 49.4 Å². The molecule has 0 saturated heterocycles. The highest BCUT2D eigenvalue weighted by molar-refractivity contribution is 6.32. The first-order valence-corrected chi connectivity index (χ1v) is 13.6. The van der Waals surface area contributed by atoms with Gasteiger partial charge in [-0.2, -0.15) is 0 Å². The van der Waals surface area contributed by atoms with Crippen LogP contribution in [0, 0.1) is 12.8 Å². The Morgan fingerprint density at radius 2 is 1.90 bits per heavy atom. The first-order chi connectivity index (χ1) is 19.2. The van der Waals surface area contributed by atoms with Gasteiger partial charge in [0.15, 0.2) is 0 Å². The lowest BCUT2D eigenvalue weighted by atomic mass is 9.85. The number of rotatable bonds is 10. The van der Waals surface area contributed by atoms with Gasteiger partial charge in [-0.25, -0.2) is 4.98 Å². The molecule has 10 nitrogen and oxygen atoms in total. The topological polar surface area (TPSA) is 130 Å². The van der Waals surface area contributed by atoms with Crippen molar-refractivity contribution in [3.8, 4) is 22.9 Å². The van der Waals surface area contributed by atoms with Crippen molar-refractivity contribution in [2.45, 2.75) is 45.2 Å². The second kappa shape index (κ2) is 13.1. The first-order valence-electron chi connectivity index (χ1n) is 13.2. The van der Waals surface area contributed by atoms with Crippen LogP contribution in [0.2, 0.25) is 5.02 Å². The van der Waals surface area contributed by atoms with Crippen LogP contribution in [0.15, 0.2) is 41.5 Å². The third kappa shape index (κ3) is 6.51. The zero-order valence-corrected chi connectivity index (χ0v) is 24.0. The molecule has 0 bridgehead atoms. The van der Waals surface area contributed by atoms with Crippen LogP contribution in [0.4, 0.5) is 5.82 Å². The first kappa shape index (κ1) is 29.2. The summed E-state index contributed by atoms with van der Waals surface area (Å²) in [7, 11) is 4.80. The van der Waals surface area contributed by atoms with Gasteiger partial charge in [-0.05, 0) is 56.3 Å². The summed E-state index contributed by atoms with van der Waals surface area (Å²) in [5, 5.41) is 6.84. The molecule has 0 aliphatic heterocycles. The molecule has 214 valence electrons. The second-order valence-corrected chi connectivity index (χ2v) is 10.4. The molecule has 1 amide bonds. The summed E-state index contributed by atoms with van der Waals surface area (Å²) < 4.78 is 17.3. The van der Waals surface area contributed by atoms with Crippen molar-refractivity contribution in [1.29, 1.82) is 0 Å². The molecule has 0 unspecified atom stereocenters. The number of hydrogen-bond acceptors (Lipinski definition) is 8. The van der Waals surface area contributed by atoms with Crippen molar-refractivity contribution < 1.29 is 19.0 Å². The summed E-state index contributed by atoms with van der Waals surface area (Å²) in [6, 6.07) is 9.04. The van der Waals surface area contributed by atoms with Crippen LogP contribution in [0.3, 0.4) is 0 Å². The summed E-state index contributed by atoms with van der Waals surface area (Å²) in [6.07, 6.45) is 4.92. The lowest BCUT2D eigenvalue weighted by molar-refractivity contribution is 0.0918. The molecule has 2 aromatic carbocycles. The zero-order chi connectivity index (χ0) is 28.8. The minimum Gasteiger partial charge on any atom is -0.497 e. The largest absolute Gasteiger partial charge is 0.497 e. The molecule has 4 N–H and O–H groups in total. The number of halogens is 1. The van der Waals surface area contributed by atoms with E-state index in [4.69, 9.17) is 31.5 Å². The Kier molecular flexibility index (Phi) is 9.54. The van der Waals surface area contributed by atoms with Crippen LogP contribution in [0.1, 0.15) is 47.2 Å². The maximum absolute atomic E-state index is 13.4. The predicted molar refractivity (Wildman–Crippen MR) is 155 cm³/mol. The summed E-state index contributed by atoms with van der Waals surface area (Å²) in [4.78, 5) is 30.9. The number of hydrogen-bond donors (Lipinski definition) is 3. The van der Waals surface area contributed by atoms with E-state index in [1.807, 2.05) is 18.2 Å². The zero-order valence-electron chi connectivity index (χ0n) is 23.3. The van der Waals surface area contributed by atoms with E-state index in [1.165, 1.54) is 18.0 Å². The normalized spacial score (nSPS) is 16.8. The van der Waals surface area contributed by atoms with E-state index in [2.05, 4.69) is 15.6 Å². The van der Waals surface area contributed by atoms with Crippen molar-refractivity contribution in [3.05, 3.63) is 68.7 Å². The van der Waals surface area contributed by atoms with E-state index >= 15 is 0 Å². The third-order valence-corrected chi connectivity index (χ3v) is 7.58. The Bertz CT molecular complexity index is 1400. The van der Waals surface area contributed by atoms with Gasteiger partial charge in [0.25, 0.3) is 11.5 Å². The molecule has 1 fully saturated rings. The van der Waals surface area contributed by atoms with Crippen LogP contribution < -0.4 is 36.1 Å². The fourth-order valence-electron chi connectivity index (χ4n) is 5.24. The van der Waals surface area contributed by atoms with Crippen LogP contribution >= 0.6 is 11.6 Å². The minimum atomic E-state index is -0.581. The van der Waals surface area contributed by atoms with Crippen molar-refractivity contribution in [1.82, 2.24) is 20.2 Å². The van der Waals surface area contributed by atoms with Gasteiger partial charge in [0.2, 0.25) is 0 Å². The summed E-state index contributed by atoms with van der Waals surface area (Å²) >= 11 is 6.46. The maximum Gasteiger partial charge on any atom is 0.273 e. The van der Waals surface area contributed by atoms with Crippen molar-refractivity contribution in [3.63, 3.8) is 0 Å². The molecule has 40 heavy (non-hydrogen) atoms. The van der Waals surface area contributed by atoms with Gasteiger partial charge in [-0.3, -0.25) is 14.2 Å². The number of nitrogens with two attached hydrogens (primary N) is 1. The lowest BCUT2D eigenvalue weighted by Gasteiger charge is -2.30. The number of ether oxygens (including phenoxy) is 3. The monoisotopic (exact) mass is 569 g/mol. The van der Waals surface area contributed by atoms with Gasteiger partial charge in [0.1, 0.15) is 35.0 Å². The average Bonchev–Trinajstić information content (AvgIpc) is 2.94. The van der Waals surface area contributed by atoms with Crippen LogP contribution in [0.25, 0.3) is 5.69 Å². The summed E-state index contributed by atoms with van der Waals surface area (Å²) in [5.74, 6) is 1.79.